The van der Waals surface area contributed by atoms with Crippen LogP contribution in [0.3, 0.4) is 0 Å². The molecular formula is C17H23FN2S. The molecule has 1 unspecified atom stereocenters. The number of rotatable bonds is 7. The molecule has 1 heterocycles. The third-order valence-electron chi connectivity index (χ3n) is 3.38. The molecule has 21 heavy (non-hydrogen) atoms. The Balaban J connectivity index is 2.12. The maximum absolute atomic E-state index is 14.1. The van der Waals surface area contributed by atoms with E-state index in [-0.39, 0.29) is 11.7 Å². The number of aromatic nitrogens is 1. The van der Waals surface area contributed by atoms with Crippen LogP contribution < -0.4 is 5.32 Å². The Kier molecular flexibility index (Phi) is 5.88. The molecule has 0 radical (unpaired) electrons. The third-order valence-corrected chi connectivity index (χ3v) is 4.36. The fourth-order valence-electron chi connectivity index (χ4n) is 2.35. The van der Waals surface area contributed by atoms with Crippen molar-refractivity contribution in [2.24, 2.45) is 5.92 Å². The molecule has 0 aliphatic carbocycles. The lowest BCUT2D eigenvalue weighted by atomic mass is 9.95. The average molecular weight is 306 g/mol. The van der Waals surface area contributed by atoms with Crippen molar-refractivity contribution in [2.75, 3.05) is 13.1 Å². The van der Waals surface area contributed by atoms with Crippen molar-refractivity contribution in [3.05, 3.63) is 51.7 Å². The van der Waals surface area contributed by atoms with Crippen LogP contribution in [0.15, 0.2) is 29.6 Å². The normalized spacial score (nSPS) is 12.8. The van der Waals surface area contributed by atoms with Crippen LogP contribution in [0.4, 0.5) is 4.39 Å². The van der Waals surface area contributed by atoms with Crippen molar-refractivity contribution >= 4 is 11.3 Å². The van der Waals surface area contributed by atoms with E-state index in [4.69, 9.17) is 0 Å². The SMILES string of the molecule is Cc1csc(CC(CNCC(C)C)c2ccccc2F)n1. The first kappa shape index (κ1) is 16.1. The first-order chi connectivity index (χ1) is 10.1. The Bertz CT molecular complexity index is 565. The summed E-state index contributed by atoms with van der Waals surface area (Å²) in [5, 5.41) is 6.57. The number of hydrogen-bond donors (Lipinski definition) is 1. The van der Waals surface area contributed by atoms with Gasteiger partial charge in [0, 0.05) is 30.0 Å². The minimum Gasteiger partial charge on any atom is -0.316 e. The molecule has 2 nitrogen and oxygen atoms in total. The summed E-state index contributed by atoms with van der Waals surface area (Å²) >= 11 is 1.66. The highest BCUT2D eigenvalue weighted by atomic mass is 32.1. The predicted molar refractivity (Wildman–Crippen MR) is 87.4 cm³/mol. The summed E-state index contributed by atoms with van der Waals surface area (Å²) in [6.07, 6.45) is 0.782. The van der Waals surface area contributed by atoms with Crippen LogP contribution in [-0.4, -0.2) is 18.1 Å². The fourth-order valence-corrected chi connectivity index (χ4v) is 3.21. The van der Waals surface area contributed by atoms with Gasteiger partial charge >= 0.3 is 0 Å². The van der Waals surface area contributed by atoms with E-state index in [1.54, 1.807) is 17.4 Å². The van der Waals surface area contributed by atoms with E-state index in [0.717, 1.165) is 35.8 Å². The van der Waals surface area contributed by atoms with E-state index in [0.29, 0.717) is 5.92 Å². The zero-order valence-corrected chi connectivity index (χ0v) is 13.7. The Hall–Kier alpha value is -1.26. The van der Waals surface area contributed by atoms with Gasteiger partial charge in [-0.1, -0.05) is 32.0 Å². The highest BCUT2D eigenvalue weighted by Crippen LogP contribution is 2.24. The van der Waals surface area contributed by atoms with E-state index in [1.807, 2.05) is 19.1 Å². The third kappa shape index (κ3) is 4.90. The van der Waals surface area contributed by atoms with Gasteiger partial charge in [-0.3, -0.25) is 0 Å². The summed E-state index contributed by atoms with van der Waals surface area (Å²) in [6, 6.07) is 7.07. The van der Waals surface area contributed by atoms with Gasteiger partial charge in [0.1, 0.15) is 5.82 Å². The van der Waals surface area contributed by atoms with Crippen LogP contribution in [0, 0.1) is 18.7 Å². The number of benzene rings is 1. The van der Waals surface area contributed by atoms with Gasteiger partial charge in [-0.25, -0.2) is 9.37 Å². The van der Waals surface area contributed by atoms with E-state index in [9.17, 15) is 4.39 Å². The number of thiazole rings is 1. The van der Waals surface area contributed by atoms with Crippen molar-refractivity contribution in [3.63, 3.8) is 0 Å². The lowest BCUT2D eigenvalue weighted by molar-refractivity contribution is 0.499. The van der Waals surface area contributed by atoms with E-state index < -0.39 is 0 Å². The maximum Gasteiger partial charge on any atom is 0.126 e. The molecule has 0 saturated heterocycles. The zero-order valence-electron chi connectivity index (χ0n) is 12.9. The second-order valence-corrected chi connectivity index (χ2v) is 6.80. The smallest absolute Gasteiger partial charge is 0.126 e. The topological polar surface area (TPSA) is 24.9 Å². The van der Waals surface area contributed by atoms with Crippen LogP contribution in [0.25, 0.3) is 0 Å². The lowest BCUT2D eigenvalue weighted by Gasteiger charge is -2.18. The standard InChI is InChI=1S/C17H23FN2S/c1-12(2)9-19-10-14(8-17-20-13(3)11-21-17)15-6-4-5-7-16(15)18/h4-7,11-12,14,19H,8-10H2,1-3H3. The highest BCUT2D eigenvalue weighted by Gasteiger charge is 2.17. The fraction of sp³-hybridized carbons (Fsp3) is 0.471. The molecule has 0 fully saturated rings. The van der Waals surface area contributed by atoms with E-state index in [1.165, 1.54) is 6.07 Å². The Morgan fingerprint density at radius 2 is 2.00 bits per heavy atom. The quantitative estimate of drug-likeness (QED) is 0.830. The summed E-state index contributed by atoms with van der Waals surface area (Å²) in [4.78, 5) is 4.52. The number of aryl methyl sites for hydroxylation is 1. The molecule has 1 aromatic carbocycles. The van der Waals surface area contributed by atoms with Gasteiger partial charge < -0.3 is 5.32 Å². The van der Waals surface area contributed by atoms with Gasteiger partial charge in [-0.2, -0.15) is 0 Å². The van der Waals surface area contributed by atoms with Crippen LogP contribution in [-0.2, 0) is 6.42 Å². The zero-order chi connectivity index (χ0) is 15.2. The minimum atomic E-state index is -0.123. The minimum absolute atomic E-state index is 0.121. The van der Waals surface area contributed by atoms with Crippen LogP contribution >= 0.6 is 11.3 Å². The second-order valence-electron chi connectivity index (χ2n) is 5.86. The largest absolute Gasteiger partial charge is 0.316 e. The van der Waals surface area contributed by atoms with Gasteiger partial charge in [-0.15, -0.1) is 11.3 Å². The van der Waals surface area contributed by atoms with Crippen molar-refractivity contribution in [2.45, 2.75) is 33.1 Å². The molecule has 0 bridgehead atoms. The van der Waals surface area contributed by atoms with Gasteiger partial charge in [-0.05, 0) is 31.0 Å². The molecule has 1 atom stereocenters. The molecule has 1 N–H and O–H groups in total. The number of nitrogens with one attached hydrogen (secondary N) is 1. The molecule has 114 valence electrons. The molecule has 0 aliphatic heterocycles. The number of halogens is 1. The Morgan fingerprint density at radius 1 is 1.24 bits per heavy atom. The molecule has 0 aliphatic rings. The molecule has 4 heteroatoms. The second kappa shape index (κ2) is 7.66. The average Bonchev–Trinajstić information content (AvgIpc) is 2.83. The summed E-state index contributed by atoms with van der Waals surface area (Å²) in [6.45, 7) is 8.07. The molecule has 2 aromatic rings. The van der Waals surface area contributed by atoms with Crippen molar-refractivity contribution in [3.8, 4) is 0 Å². The van der Waals surface area contributed by atoms with Crippen LogP contribution in [0.5, 0.6) is 0 Å². The van der Waals surface area contributed by atoms with Crippen molar-refractivity contribution < 1.29 is 4.39 Å². The summed E-state index contributed by atoms with van der Waals surface area (Å²) in [5.41, 5.74) is 1.82. The Labute approximate surface area is 130 Å². The molecule has 0 spiro atoms. The summed E-state index contributed by atoms with van der Waals surface area (Å²) in [7, 11) is 0. The van der Waals surface area contributed by atoms with Crippen molar-refractivity contribution in [1.82, 2.24) is 10.3 Å². The number of hydrogen-bond acceptors (Lipinski definition) is 3. The first-order valence-electron chi connectivity index (χ1n) is 7.42. The highest BCUT2D eigenvalue weighted by molar-refractivity contribution is 7.09. The van der Waals surface area contributed by atoms with Gasteiger partial charge in [0.2, 0.25) is 0 Å². The number of nitrogens with zero attached hydrogens (tertiary/aromatic N) is 1. The summed E-state index contributed by atoms with van der Waals surface area (Å²) < 4.78 is 14.1. The lowest BCUT2D eigenvalue weighted by Crippen LogP contribution is -2.27. The van der Waals surface area contributed by atoms with Gasteiger partial charge in [0.15, 0.2) is 0 Å². The summed E-state index contributed by atoms with van der Waals surface area (Å²) in [5.74, 6) is 0.589. The maximum atomic E-state index is 14.1. The van der Waals surface area contributed by atoms with E-state index in [2.05, 4.69) is 29.5 Å². The van der Waals surface area contributed by atoms with Gasteiger partial charge in [0.25, 0.3) is 0 Å². The predicted octanol–water partition coefficient (Wildman–Crippen LogP) is 4.16. The van der Waals surface area contributed by atoms with Crippen LogP contribution in [0.2, 0.25) is 0 Å². The first-order valence-corrected chi connectivity index (χ1v) is 8.30. The Morgan fingerprint density at radius 3 is 2.62 bits per heavy atom. The molecule has 0 amide bonds. The molecule has 0 saturated carbocycles. The molecule has 2 rings (SSSR count). The van der Waals surface area contributed by atoms with Gasteiger partial charge in [0.05, 0.1) is 5.01 Å². The molecule has 1 aromatic heterocycles. The van der Waals surface area contributed by atoms with Crippen molar-refractivity contribution in [1.29, 1.82) is 0 Å². The monoisotopic (exact) mass is 306 g/mol. The van der Waals surface area contributed by atoms with Crippen LogP contribution in [0.1, 0.15) is 36.0 Å². The van der Waals surface area contributed by atoms with E-state index >= 15 is 0 Å². The molecular weight excluding hydrogens is 283 g/mol.